The van der Waals surface area contributed by atoms with Crippen LogP contribution in [0.2, 0.25) is 0 Å². The molecule has 0 heterocycles. The van der Waals surface area contributed by atoms with Crippen LogP contribution < -0.4 is 10.6 Å². The van der Waals surface area contributed by atoms with E-state index in [1.165, 1.54) is 0 Å². The molecule has 0 bridgehead atoms. The largest absolute Gasteiger partial charge is 0.444 e. The molecule has 2 atom stereocenters. The molecular weight excluding hydrogens is 448 g/mol. The zero-order valence-corrected chi connectivity index (χ0v) is 21.4. The highest BCUT2D eigenvalue weighted by Crippen LogP contribution is 2.26. The van der Waals surface area contributed by atoms with Crippen LogP contribution in [-0.2, 0) is 14.3 Å². The normalized spacial score (nSPS) is 15.9. The monoisotopic (exact) mass is 486 g/mol. The van der Waals surface area contributed by atoms with Crippen LogP contribution >= 0.6 is 0 Å². The van der Waals surface area contributed by atoms with E-state index in [4.69, 9.17) is 4.74 Å². The Morgan fingerprint density at radius 2 is 1.83 bits per heavy atom. The fourth-order valence-corrected chi connectivity index (χ4v) is 4.14. The number of nitrogens with one attached hydrogen (secondary N) is 2. The highest BCUT2D eigenvalue weighted by Gasteiger charge is 2.37. The lowest BCUT2D eigenvalue weighted by atomic mass is 9.94. The molecule has 3 N–H and O–H groups in total. The minimum atomic E-state index is -1.38. The van der Waals surface area contributed by atoms with Gasteiger partial charge in [-0.2, -0.15) is 5.26 Å². The van der Waals surface area contributed by atoms with Crippen LogP contribution in [0.5, 0.6) is 0 Å². The van der Waals surface area contributed by atoms with Crippen LogP contribution in [0, 0.1) is 25.2 Å². The first-order chi connectivity index (χ1) is 16.5. The van der Waals surface area contributed by atoms with E-state index in [9.17, 15) is 24.8 Å². The second kappa shape index (κ2) is 12.5. The molecule has 2 rings (SSSR count). The quantitative estimate of drug-likeness (QED) is 0.484. The van der Waals surface area contributed by atoms with Gasteiger partial charge in [0.15, 0.2) is 0 Å². The number of aliphatic hydroxyl groups is 1. The number of ether oxygens (including phenoxy) is 1. The number of hydrogen-bond acceptors (Lipinski definition) is 6. The zero-order chi connectivity index (χ0) is 26.2. The Hall–Kier alpha value is -3.12. The molecular formula is C26H38N4O5. The predicted octanol–water partition coefficient (Wildman–Crippen LogP) is 3.03. The number of nitrogens with zero attached hydrogens (tertiary/aromatic N) is 2. The molecule has 1 aliphatic rings. The molecule has 1 saturated carbocycles. The average Bonchev–Trinajstić information content (AvgIpc) is 2.78. The van der Waals surface area contributed by atoms with E-state index in [0.717, 1.165) is 48.1 Å². The lowest BCUT2D eigenvalue weighted by Crippen LogP contribution is -2.55. The summed E-state index contributed by atoms with van der Waals surface area (Å²) in [6.07, 6.45) is 4.00. The standard InChI is InChI=1S/C26H38N4O5/c1-17-11-12-19(15-18(17)2)22(23(32)28-20-9-7-6-8-10-20)30(14-13-27)24(33)21(16-31)29-25(34)35-26(3,4)5/h11-12,15,20-22,31H,6-10,14,16H2,1-5H3,(H,28,32)(H,29,34). The molecule has 1 aromatic rings. The molecule has 1 fully saturated rings. The average molecular weight is 487 g/mol. The summed E-state index contributed by atoms with van der Waals surface area (Å²) in [4.78, 5) is 40.4. The van der Waals surface area contributed by atoms with Crippen LogP contribution in [-0.4, -0.2) is 58.8 Å². The summed E-state index contributed by atoms with van der Waals surface area (Å²) in [5.74, 6) is -1.14. The van der Waals surface area contributed by atoms with E-state index in [1.807, 2.05) is 32.0 Å². The first kappa shape index (κ1) is 28.1. The third kappa shape index (κ3) is 8.25. The highest BCUT2D eigenvalue weighted by atomic mass is 16.6. The number of hydrogen-bond donors (Lipinski definition) is 3. The molecule has 1 aliphatic carbocycles. The number of carbonyl (C=O) groups excluding carboxylic acids is 3. The van der Waals surface area contributed by atoms with Crippen LogP contribution in [0.1, 0.15) is 75.6 Å². The fraction of sp³-hybridized carbons (Fsp3) is 0.615. The number of nitriles is 1. The molecule has 9 nitrogen and oxygen atoms in total. The van der Waals surface area contributed by atoms with Crippen molar-refractivity contribution in [3.05, 3.63) is 34.9 Å². The Bertz CT molecular complexity index is 944. The first-order valence-electron chi connectivity index (χ1n) is 12.1. The summed E-state index contributed by atoms with van der Waals surface area (Å²) >= 11 is 0. The smallest absolute Gasteiger partial charge is 0.408 e. The van der Waals surface area contributed by atoms with Crippen molar-refractivity contribution in [1.82, 2.24) is 15.5 Å². The van der Waals surface area contributed by atoms with Crippen LogP contribution in [0.3, 0.4) is 0 Å². The second-order valence-electron chi connectivity index (χ2n) is 10.1. The van der Waals surface area contributed by atoms with E-state index in [1.54, 1.807) is 26.8 Å². The maximum Gasteiger partial charge on any atom is 0.408 e. The van der Waals surface area contributed by atoms with Crippen molar-refractivity contribution in [2.45, 2.75) is 90.4 Å². The Balaban J connectivity index is 2.40. The van der Waals surface area contributed by atoms with Gasteiger partial charge in [0.2, 0.25) is 11.8 Å². The summed E-state index contributed by atoms with van der Waals surface area (Å²) < 4.78 is 5.21. The molecule has 192 valence electrons. The first-order valence-corrected chi connectivity index (χ1v) is 12.1. The molecule has 0 saturated heterocycles. The lowest BCUT2D eigenvalue weighted by molar-refractivity contribution is -0.142. The number of aliphatic hydroxyl groups excluding tert-OH is 1. The SMILES string of the molecule is Cc1ccc(C(C(=O)NC2CCCCC2)N(CC#N)C(=O)C(CO)NC(=O)OC(C)(C)C)cc1C. The number of carbonyl (C=O) groups is 3. The minimum Gasteiger partial charge on any atom is -0.444 e. The Labute approximate surface area is 207 Å². The van der Waals surface area contributed by atoms with Gasteiger partial charge in [0.05, 0.1) is 12.7 Å². The third-order valence-corrected chi connectivity index (χ3v) is 6.05. The van der Waals surface area contributed by atoms with Gasteiger partial charge in [-0.15, -0.1) is 0 Å². The molecule has 0 aromatic heterocycles. The number of amides is 3. The molecule has 35 heavy (non-hydrogen) atoms. The van der Waals surface area contributed by atoms with Gasteiger partial charge in [-0.3, -0.25) is 9.59 Å². The van der Waals surface area contributed by atoms with E-state index in [0.29, 0.717) is 5.56 Å². The van der Waals surface area contributed by atoms with Crippen LogP contribution in [0.15, 0.2) is 18.2 Å². The highest BCUT2D eigenvalue weighted by molar-refractivity contribution is 5.92. The zero-order valence-electron chi connectivity index (χ0n) is 21.4. The van der Waals surface area contributed by atoms with E-state index >= 15 is 0 Å². The summed E-state index contributed by atoms with van der Waals surface area (Å²) in [5.41, 5.74) is 1.71. The third-order valence-electron chi connectivity index (χ3n) is 6.05. The van der Waals surface area contributed by atoms with Gasteiger partial charge in [-0.05, 0) is 64.2 Å². The van der Waals surface area contributed by atoms with Gasteiger partial charge in [0.25, 0.3) is 0 Å². The topological polar surface area (TPSA) is 132 Å². The van der Waals surface area contributed by atoms with Crippen LogP contribution in [0.4, 0.5) is 4.79 Å². The molecule has 0 spiro atoms. The fourth-order valence-electron chi connectivity index (χ4n) is 4.14. The Morgan fingerprint density at radius 1 is 1.17 bits per heavy atom. The maximum absolute atomic E-state index is 13.6. The Kier molecular flexibility index (Phi) is 10.1. The van der Waals surface area contributed by atoms with Gasteiger partial charge in [0.1, 0.15) is 24.2 Å². The molecule has 3 amide bonds. The van der Waals surface area contributed by atoms with E-state index < -0.39 is 48.7 Å². The van der Waals surface area contributed by atoms with Gasteiger partial charge >= 0.3 is 6.09 Å². The summed E-state index contributed by atoms with van der Waals surface area (Å²) in [6, 6.07) is 4.93. The number of benzene rings is 1. The molecule has 0 radical (unpaired) electrons. The number of aryl methyl sites for hydroxylation is 2. The minimum absolute atomic E-state index is 0.00198. The summed E-state index contributed by atoms with van der Waals surface area (Å²) in [7, 11) is 0. The van der Waals surface area contributed by atoms with Crippen molar-refractivity contribution in [1.29, 1.82) is 5.26 Å². The van der Waals surface area contributed by atoms with Crippen LogP contribution in [0.25, 0.3) is 0 Å². The lowest BCUT2D eigenvalue weighted by Gasteiger charge is -2.34. The van der Waals surface area contributed by atoms with Gasteiger partial charge in [0, 0.05) is 6.04 Å². The van der Waals surface area contributed by atoms with Gasteiger partial charge in [-0.1, -0.05) is 37.5 Å². The molecule has 2 unspecified atom stereocenters. The molecule has 1 aromatic carbocycles. The second-order valence-corrected chi connectivity index (χ2v) is 10.1. The van der Waals surface area contributed by atoms with E-state index in [2.05, 4.69) is 10.6 Å². The van der Waals surface area contributed by atoms with Crippen molar-refractivity contribution < 1.29 is 24.2 Å². The molecule has 9 heteroatoms. The van der Waals surface area contributed by atoms with Crippen molar-refractivity contribution >= 4 is 17.9 Å². The number of rotatable bonds is 8. The summed E-state index contributed by atoms with van der Waals surface area (Å²) in [5, 5.41) is 24.8. The predicted molar refractivity (Wildman–Crippen MR) is 131 cm³/mol. The number of alkyl carbamates (subject to hydrolysis) is 1. The van der Waals surface area contributed by atoms with Crippen molar-refractivity contribution in [3.63, 3.8) is 0 Å². The molecule has 0 aliphatic heterocycles. The van der Waals surface area contributed by atoms with Gasteiger partial charge in [-0.25, -0.2) is 4.79 Å². The van der Waals surface area contributed by atoms with Gasteiger partial charge < -0.3 is 25.4 Å². The summed E-state index contributed by atoms with van der Waals surface area (Å²) in [6.45, 7) is 7.76. The maximum atomic E-state index is 13.6. The van der Waals surface area contributed by atoms with E-state index in [-0.39, 0.29) is 6.04 Å². The van der Waals surface area contributed by atoms with Crippen molar-refractivity contribution in [3.8, 4) is 6.07 Å². The van der Waals surface area contributed by atoms with Crippen molar-refractivity contribution in [2.24, 2.45) is 0 Å². The Morgan fingerprint density at radius 3 is 2.37 bits per heavy atom. The van der Waals surface area contributed by atoms with Crippen molar-refractivity contribution in [2.75, 3.05) is 13.2 Å².